The molecule has 4 unspecified atom stereocenters. The normalized spacial score (nSPS) is 26.5. The third-order valence-electron chi connectivity index (χ3n) is 5.29. The highest BCUT2D eigenvalue weighted by atomic mass is 15.3. The average molecular weight is 288 g/mol. The second kappa shape index (κ2) is 7.95. The van der Waals surface area contributed by atoms with E-state index in [-0.39, 0.29) is 0 Å². The molecule has 0 aromatic heterocycles. The van der Waals surface area contributed by atoms with Gasteiger partial charge in [-0.05, 0) is 31.2 Å². The lowest BCUT2D eigenvalue weighted by Gasteiger charge is -2.45. The van der Waals surface area contributed by atoms with Gasteiger partial charge in [-0.2, -0.15) is 0 Å². The third kappa shape index (κ3) is 4.31. The quantitative estimate of drug-likeness (QED) is 0.858. The van der Waals surface area contributed by atoms with Crippen molar-refractivity contribution in [3.63, 3.8) is 0 Å². The van der Waals surface area contributed by atoms with Crippen LogP contribution in [0, 0.1) is 5.92 Å². The van der Waals surface area contributed by atoms with E-state index in [9.17, 15) is 0 Å². The van der Waals surface area contributed by atoms with Crippen LogP contribution in [0.3, 0.4) is 0 Å². The van der Waals surface area contributed by atoms with Crippen molar-refractivity contribution in [2.45, 2.75) is 65.1 Å². The lowest BCUT2D eigenvalue weighted by atomic mass is 9.92. The van der Waals surface area contributed by atoms with Gasteiger partial charge >= 0.3 is 0 Å². The first-order chi connectivity index (χ1) is 10.2. The van der Waals surface area contributed by atoms with Crippen molar-refractivity contribution in [3.8, 4) is 0 Å². The van der Waals surface area contributed by atoms with Crippen molar-refractivity contribution in [1.82, 2.24) is 10.2 Å². The number of nitrogens with one attached hydrogen (secondary N) is 1. The molecule has 1 aliphatic rings. The van der Waals surface area contributed by atoms with Crippen LogP contribution in [0.5, 0.6) is 0 Å². The van der Waals surface area contributed by atoms with Crippen LogP contribution >= 0.6 is 0 Å². The predicted octanol–water partition coefficient (Wildman–Crippen LogP) is 3.72. The van der Waals surface area contributed by atoms with Gasteiger partial charge < -0.3 is 5.32 Å². The number of rotatable bonds is 6. The Bertz CT molecular complexity index is 403. The van der Waals surface area contributed by atoms with Gasteiger partial charge in [-0.1, -0.05) is 57.5 Å². The highest BCUT2D eigenvalue weighted by molar-refractivity contribution is 5.16. The van der Waals surface area contributed by atoms with Gasteiger partial charge in [0, 0.05) is 31.2 Å². The Hall–Kier alpha value is -0.860. The van der Waals surface area contributed by atoms with E-state index in [0.29, 0.717) is 18.1 Å². The van der Waals surface area contributed by atoms with Crippen LogP contribution in [0.4, 0.5) is 0 Å². The number of hydrogen-bond acceptors (Lipinski definition) is 2. The Kier molecular flexibility index (Phi) is 6.25. The molecule has 1 N–H and O–H groups in total. The SMILES string of the molecule is CCC(C)C1CN(C(C)CC)C(Cc2ccccc2)CN1. The molecule has 0 amide bonds. The van der Waals surface area contributed by atoms with Gasteiger partial charge in [-0.3, -0.25) is 4.90 Å². The van der Waals surface area contributed by atoms with Crippen LogP contribution in [0.1, 0.15) is 46.1 Å². The van der Waals surface area contributed by atoms with E-state index in [0.717, 1.165) is 18.9 Å². The summed E-state index contributed by atoms with van der Waals surface area (Å²) in [7, 11) is 0. The van der Waals surface area contributed by atoms with Gasteiger partial charge in [0.1, 0.15) is 0 Å². The molecule has 0 aliphatic carbocycles. The van der Waals surface area contributed by atoms with E-state index in [4.69, 9.17) is 0 Å². The molecule has 2 heteroatoms. The van der Waals surface area contributed by atoms with Gasteiger partial charge in [0.2, 0.25) is 0 Å². The van der Waals surface area contributed by atoms with Crippen LogP contribution in [0.2, 0.25) is 0 Å². The maximum absolute atomic E-state index is 3.81. The number of hydrogen-bond donors (Lipinski definition) is 1. The molecule has 4 atom stereocenters. The standard InChI is InChI=1S/C19H32N2/c1-5-15(3)19-14-21(16(4)6-2)18(13-20-19)12-17-10-8-7-9-11-17/h7-11,15-16,18-20H,5-6,12-14H2,1-4H3. The molecule has 2 nitrogen and oxygen atoms in total. The summed E-state index contributed by atoms with van der Waals surface area (Å²) in [5.41, 5.74) is 1.46. The first-order valence-corrected chi connectivity index (χ1v) is 8.68. The molecule has 0 bridgehead atoms. The summed E-state index contributed by atoms with van der Waals surface area (Å²) in [4.78, 5) is 2.75. The fraction of sp³-hybridized carbons (Fsp3) is 0.684. The Morgan fingerprint density at radius 1 is 1.14 bits per heavy atom. The van der Waals surface area contributed by atoms with Crippen molar-refractivity contribution in [2.24, 2.45) is 5.92 Å². The number of nitrogens with zero attached hydrogens (tertiary/aromatic N) is 1. The van der Waals surface area contributed by atoms with E-state index in [1.807, 2.05) is 0 Å². The first-order valence-electron chi connectivity index (χ1n) is 8.68. The zero-order chi connectivity index (χ0) is 15.2. The van der Waals surface area contributed by atoms with E-state index in [1.165, 1.54) is 24.9 Å². The molecule has 1 heterocycles. The Labute approximate surface area is 130 Å². The Balaban J connectivity index is 2.06. The molecule has 1 aliphatic heterocycles. The van der Waals surface area contributed by atoms with E-state index in [2.05, 4.69) is 68.2 Å². The third-order valence-corrected chi connectivity index (χ3v) is 5.29. The molecule has 1 saturated heterocycles. The summed E-state index contributed by atoms with van der Waals surface area (Å²) in [6, 6.07) is 12.9. The van der Waals surface area contributed by atoms with Crippen molar-refractivity contribution < 1.29 is 0 Å². The summed E-state index contributed by atoms with van der Waals surface area (Å²) >= 11 is 0. The van der Waals surface area contributed by atoms with Crippen LogP contribution < -0.4 is 5.32 Å². The van der Waals surface area contributed by atoms with E-state index in [1.54, 1.807) is 0 Å². The van der Waals surface area contributed by atoms with Crippen LogP contribution in [-0.4, -0.2) is 36.1 Å². The maximum atomic E-state index is 3.81. The topological polar surface area (TPSA) is 15.3 Å². The molecule has 1 aromatic carbocycles. The fourth-order valence-electron chi connectivity index (χ4n) is 3.36. The molecule has 118 valence electrons. The monoisotopic (exact) mass is 288 g/mol. The highest BCUT2D eigenvalue weighted by Gasteiger charge is 2.32. The Morgan fingerprint density at radius 3 is 2.48 bits per heavy atom. The van der Waals surface area contributed by atoms with Crippen LogP contribution in [0.15, 0.2) is 30.3 Å². The molecule has 0 spiro atoms. The summed E-state index contributed by atoms with van der Waals surface area (Å²) in [5.74, 6) is 0.759. The lowest BCUT2D eigenvalue weighted by molar-refractivity contribution is 0.0713. The van der Waals surface area contributed by atoms with Gasteiger partial charge in [-0.15, -0.1) is 0 Å². The molecular weight excluding hydrogens is 256 g/mol. The highest BCUT2D eigenvalue weighted by Crippen LogP contribution is 2.21. The summed E-state index contributed by atoms with van der Waals surface area (Å²) in [5, 5.41) is 3.81. The van der Waals surface area contributed by atoms with Gasteiger partial charge in [0.25, 0.3) is 0 Å². The van der Waals surface area contributed by atoms with Gasteiger partial charge in [0.05, 0.1) is 0 Å². The van der Waals surface area contributed by atoms with E-state index >= 15 is 0 Å². The molecule has 1 fully saturated rings. The number of piperazine rings is 1. The molecule has 0 saturated carbocycles. The van der Waals surface area contributed by atoms with Crippen molar-refractivity contribution in [3.05, 3.63) is 35.9 Å². The summed E-state index contributed by atoms with van der Waals surface area (Å²) < 4.78 is 0. The van der Waals surface area contributed by atoms with Gasteiger partial charge in [-0.25, -0.2) is 0 Å². The first kappa shape index (κ1) is 16.5. The summed E-state index contributed by atoms with van der Waals surface area (Å²) in [6.45, 7) is 11.7. The minimum atomic E-state index is 0.627. The van der Waals surface area contributed by atoms with Gasteiger partial charge in [0.15, 0.2) is 0 Å². The second-order valence-corrected chi connectivity index (χ2v) is 6.70. The average Bonchev–Trinajstić information content (AvgIpc) is 2.54. The second-order valence-electron chi connectivity index (χ2n) is 6.70. The largest absolute Gasteiger partial charge is 0.311 e. The Morgan fingerprint density at radius 2 is 1.86 bits per heavy atom. The molecule has 2 rings (SSSR count). The van der Waals surface area contributed by atoms with Crippen molar-refractivity contribution in [2.75, 3.05) is 13.1 Å². The molecular formula is C19H32N2. The maximum Gasteiger partial charge on any atom is 0.0264 e. The minimum absolute atomic E-state index is 0.627. The molecule has 0 radical (unpaired) electrons. The van der Waals surface area contributed by atoms with Crippen molar-refractivity contribution >= 4 is 0 Å². The van der Waals surface area contributed by atoms with E-state index < -0.39 is 0 Å². The molecule has 21 heavy (non-hydrogen) atoms. The zero-order valence-corrected chi connectivity index (χ0v) is 14.2. The minimum Gasteiger partial charge on any atom is -0.311 e. The van der Waals surface area contributed by atoms with Crippen LogP contribution in [-0.2, 0) is 6.42 Å². The number of benzene rings is 1. The summed E-state index contributed by atoms with van der Waals surface area (Å²) in [6.07, 6.45) is 3.65. The van der Waals surface area contributed by atoms with Crippen LogP contribution in [0.25, 0.3) is 0 Å². The smallest absolute Gasteiger partial charge is 0.0264 e. The fourth-order valence-corrected chi connectivity index (χ4v) is 3.36. The molecule has 1 aromatic rings. The van der Waals surface area contributed by atoms with Crippen molar-refractivity contribution in [1.29, 1.82) is 0 Å². The lowest BCUT2D eigenvalue weighted by Crippen LogP contribution is -2.61. The zero-order valence-electron chi connectivity index (χ0n) is 14.2. The predicted molar refractivity (Wildman–Crippen MR) is 91.6 cm³/mol.